The number of para-hydroxylation sites is 3. The standard InChI is InChI=1S/C49H31N3O/c1-4-14-32(15-5-1)35-29-40(33-16-6-2-7-17-33)48-47(30-35)53-49(50-48)34-24-26-45-41(28-34)42-31-37(25-27-46(42)51(45)36-18-8-3-9-19-36)52-43-22-12-10-20-38(43)39-21-11-13-23-44(39)52/h1-31H. The first-order chi connectivity index (χ1) is 26.3. The van der Waals surface area contributed by atoms with Crippen LogP contribution in [0.4, 0.5) is 0 Å². The first kappa shape index (κ1) is 29.5. The molecule has 0 aliphatic rings. The topological polar surface area (TPSA) is 35.9 Å². The molecule has 248 valence electrons. The Kier molecular flexibility index (Phi) is 6.52. The maximum atomic E-state index is 6.69. The minimum Gasteiger partial charge on any atom is -0.436 e. The van der Waals surface area contributed by atoms with Gasteiger partial charge in [0.15, 0.2) is 5.58 Å². The Morgan fingerprint density at radius 1 is 0.358 bits per heavy atom. The zero-order chi connectivity index (χ0) is 34.9. The molecule has 0 saturated heterocycles. The summed E-state index contributed by atoms with van der Waals surface area (Å²) in [5, 5.41) is 4.80. The molecule has 8 aromatic carbocycles. The third-order valence-electron chi connectivity index (χ3n) is 10.5. The zero-order valence-corrected chi connectivity index (χ0v) is 28.6. The van der Waals surface area contributed by atoms with Crippen molar-refractivity contribution in [1.82, 2.24) is 14.1 Å². The second kappa shape index (κ2) is 11.7. The molecular weight excluding hydrogens is 647 g/mol. The van der Waals surface area contributed by atoms with E-state index >= 15 is 0 Å². The number of hydrogen-bond acceptors (Lipinski definition) is 2. The van der Waals surface area contributed by atoms with E-state index in [4.69, 9.17) is 9.40 Å². The van der Waals surface area contributed by atoms with E-state index < -0.39 is 0 Å². The van der Waals surface area contributed by atoms with E-state index in [1.807, 2.05) is 12.1 Å². The second-order valence-electron chi connectivity index (χ2n) is 13.6. The number of nitrogens with zero attached hydrogens (tertiary/aromatic N) is 3. The Bertz CT molecular complexity index is 3100. The summed E-state index contributed by atoms with van der Waals surface area (Å²) in [6.07, 6.45) is 0. The number of oxazole rings is 1. The van der Waals surface area contributed by atoms with Crippen molar-refractivity contribution in [2.75, 3.05) is 0 Å². The minimum absolute atomic E-state index is 0.600. The molecule has 0 spiro atoms. The van der Waals surface area contributed by atoms with Crippen molar-refractivity contribution in [1.29, 1.82) is 0 Å². The van der Waals surface area contributed by atoms with Gasteiger partial charge in [0, 0.05) is 44.0 Å². The predicted molar refractivity (Wildman–Crippen MR) is 219 cm³/mol. The average molecular weight is 678 g/mol. The summed E-state index contributed by atoms with van der Waals surface area (Å²) in [6.45, 7) is 0. The van der Waals surface area contributed by atoms with Crippen molar-refractivity contribution in [3.8, 4) is 45.1 Å². The summed E-state index contributed by atoms with van der Waals surface area (Å²) in [4.78, 5) is 5.19. The van der Waals surface area contributed by atoms with Gasteiger partial charge in [0.1, 0.15) is 5.52 Å². The van der Waals surface area contributed by atoms with Crippen LogP contribution in [0.5, 0.6) is 0 Å². The molecule has 0 aliphatic heterocycles. The molecule has 0 saturated carbocycles. The lowest BCUT2D eigenvalue weighted by molar-refractivity contribution is 0.620. The molecule has 11 aromatic rings. The number of fused-ring (bicyclic) bond motifs is 7. The molecule has 0 unspecified atom stereocenters. The van der Waals surface area contributed by atoms with Crippen LogP contribution in [0.15, 0.2) is 192 Å². The third kappa shape index (κ3) is 4.66. The molecule has 0 radical (unpaired) electrons. The van der Waals surface area contributed by atoms with Crippen LogP contribution in [0.25, 0.3) is 99.8 Å². The van der Waals surface area contributed by atoms with Crippen molar-refractivity contribution >= 4 is 54.7 Å². The maximum Gasteiger partial charge on any atom is 0.227 e. The van der Waals surface area contributed by atoms with Crippen LogP contribution in [-0.2, 0) is 0 Å². The van der Waals surface area contributed by atoms with Crippen molar-refractivity contribution in [3.05, 3.63) is 188 Å². The summed E-state index contributed by atoms with van der Waals surface area (Å²) in [5.74, 6) is 0.600. The van der Waals surface area contributed by atoms with Crippen molar-refractivity contribution in [2.45, 2.75) is 0 Å². The van der Waals surface area contributed by atoms with Crippen LogP contribution in [0.2, 0.25) is 0 Å². The Labute approximate surface area is 305 Å². The summed E-state index contributed by atoms with van der Waals surface area (Å²) in [5.41, 5.74) is 13.8. The maximum absolute atomic E-state index is 6.69. The van der Waals surface area contributed by atoms with Crippen LogP contribution in [-0.4, -0.2) is 14.1 Å². The van der Waals surface area contributed by atoms with Gasteiger partial charge in [-0.3, -0.25) is 0 Å². The van der Waals surface area contributed by atoms with Gasteiger partial charge in [0.2, 0.25) is 5.89 Å². The SMILES string of the molecule is c1ccc(-c2cc(-c3ccccc3)c3nc(-c4ccc5c(c4)c4cc(-n6c7ccccc7c7ccccc76)ccc4n5-c4ccccc4)oc3c2)cc1. The van der Waals surface area contributed by atoms with E-state index in [2.05, 4.69) is 185 Å². The normalized spacial score (nSPS) is 11.8. The van der Waals surface area contributed by atoms with Gasteiger partial charge >= 0.3 is 0 Å². The predicted octanol–water partition coefficient (Wildman–Crippen LogP) is 13.0. The Morgan fingerprint density at radius 2 is 0.906 bits per heavy atom. The molecule has 0 bridgehead atoms. The number of aromatic nitrogens is 3. The fourth-order valence-corrected chi connectivity index (χ4v) is 8.13. The van der Waals surface area contributed by atoms with Gasteiger partial charge in [-0.15, -0.1) is 0 Å². The molecule has 11 rings (SSSR count). The lowest BCUT2D eigenvalue weighted by atomic mass is 9.98. The lowest BCUT2D eigenvalue weighted by Crippen LogP contribution is -1.95. The highest BCUT2D eigenvalue weighted by Crippen LogP contribution is 2.40. The van der Waals surface area contributed by atoms with Gasteiger partial charge in [0.25, 0.3) is 0 Å². The molecule has 0 fully saturated rings. The van der Waals surface area contributed by atoms with E-state index in [-0.39, 0.29) is 0 Å². The zero-order valence-electron chi connectivity index (χ0n) is 28.6. The molecule has 0 N–H and O–H groups in total. The van der Waals surface area contributed by atoms with Gasteiger partial charge < -0.3 is 13.6 Å². The van der Waals surface area contributed by atoms with E-state index in [9.17, 15) is 0 Å². The molecule has 3 heterocycles. The first-order valence-corrected chi connectivity index (χ1v) is 18.0. The summed E-state index contributed by atoms with van der Waals surface area (Å²) in [6, 6.07) is 66.6. The monoisotopic (exact) mass is 677 g/mol. The smallest absolute Gasteiger partial charge is 0.227 e. The molecule has 0 atom stereocenters. The largest absolute Gasteiger partial charge is 0.436 e. The molecule has 4 heteroatoms. The molecule has 4 nitrogen and oxygen atoms in total. The molecular formula is C49H31N3O. The molecule has 0 amide bonds. The van der Waals surface area contributed by atoms with E-state index in [1.165, 1.54) is 21.8 Å². The van der Waals surface area contributed by atoms with Crippen LogP contribution in [0, 0.1) is 0 Å². The Balaban J connectivity index is 1.15. The Hall–Kier alpha value is -7.17. The van der Waals surface area contributed by atoms with E-state index in [1.54, 1.807) is 0 Å². The summed E-state index contributed by atoms with van der Waals surface area (Å²) < 4.78 is 11.4. The highest BCUT2D eigenvalue weighted by Gasteiger charge is 2.20. The Morgan fingerprint density at radius 3 is 1.60 bits per heavy atom. The van der Waals surface area contributed by atoms with Crippen molar-refractivity contribution in [3.63, 3.8) is 0 Å². The van der Waals surface area contributed by atoms with E-state index in [0.29, 0.717) is 5.89 Å². The van der Waals surface area contributed by atoms with Crippen LogP contribution in [0.3, 0.4) is 0 Å². The van der Waals surface area contributed by atoms with Crippen LogP contribution < -0.4 is 0 Å². The van der Waals surface area contributed by atoms with Gasteiger partial charge in [0.05, 0.1) is 22.1 Å². The van der Waals surface area contributed by atoms with Crippen LogP contribution in [0.1, 0.15) is 0 Å². The molecule has 53 heavy (non-hydrogen) atoms. The van der Waals surface area contributed by atoms with Gasteiger partial charge in [-0.2, -0.15) is 0 Å². The number of rotatable bonds is 5. The molecule has 0 aliphatic carbocycles. The highest BCUT2D eigenvalue weighted by molar-refractivity contribution is 6.13. The first-order valence-electron chi connectivity index (χ1n) is 18.0. The van der Waals surface area contributed by atoms with Gasteiger partial charge in [-0.1, -0.05) is 115 Å². The lowest BCUT2D eigenvalue weighted by Gasteiger charge is -2.10. The fourth-order valence-electron chi connectivity index (χ4n) is 8.13. The second-order valence-corrected chi connectivity index (χ2v) is 13.6. The van der Waals surface area contributed by atoms with E-state index in [0.717, 1.165) is 72.1 Å². The van der Waals surface area contributed by atoms with Gasteiger partial charge in [-0.25, -0.2) is 4.98 Å². The fraction of sp³-hybridized carbons (Fsp3) is 0. The van der Waals surface area contributed by atoms with Crippen molar-refractivity contribution in [2.24, 2.45) is 0 Å². The highest BCUT2D eigenvalue weighted by atomic mass is 16.3. The molecule has 3 aromatic heterocycles. The third-order valence-corrected chi connectivity index (χ3v) is 10.5. The number of hydrogen-bond donors (Lipinski definition) is 0. The average Bonchev–Trinajstić information content (AvgIpc) is 3.91. The minimum atomic E-state index is 0.600. The van der Waals surface area contributed by atoms with Gasteiger partial charge in [-0.05, 0) is 89.5 Å². The summed E-state index contributed by atoms with van der Waals surface area (Å²) >= 11 is 0. The quantitative estimate of drug-likeness (QED) is 0.182. The number of benzene rings is 8. The van der Waals surface area contributed by atoms with Crippen LogP contribution >= 0.6 is 0 Å². The van der Waals surface area contributed by atoms with Crippen molar-refractivity contribution < 1.29 is 4.42 Å². The summed E-state index contributed by atoms with van der Waals surface area (Å²) in [7, 11) is 0.